The third-order valence-corrected chi connectivity index (χ3v) is 3.57. The van der Waals surface area contributed by atoms with E-state index in [0.29, 0.717) is 5.41 Å². The second-order valence-corrected chi connectivity index (χ2v) is 6.54. The van der Waals surface area contributed by atoms with Crippen molar-refractivity contribution >= 4 is 15.9 Å². The van der Waals surface area contributed by atoms with Crippen molar-refractivity contribution in [3.05, 3.63) is 34.3 Å². The van der Waals surface area contributed by atoms with Gasteiger partial charge in [0.1, 0.15) is 0 Å². The molecule has 0 unspecified atom stereocenters. The van der Waals surface area contributed by atoms with Crippen molar-refractivity contribution in [2.24, 2.45) is 5.41 Å². The molecule has 2 heteroatoms. The fourth-order valence-electron chi connectivity index (χ4n) is 1.93. The SMILES string of the molecule is CC(C)(CNC1CC1)Cc1ccc(Br)cc1. The Balaban J connectivity index is 1.87. The summed E-state index contributed by atoms with van der Waals surface area (Å²) in [6, 6.07) is 9.48. The Morgan fingerprint density at radius 3 is 2.44 bits per heavy atom. The number of hydrogen-bond donors (Lipinski definition) is 1. The van der Waals surface area contributed by atoms with Crippen LogP contribution in [0.5, 0.6) is 0 Å². The molecule has 16 heavy (non-hydrogen) atoms. The summed E-state index contributed by atoms with van der Waals surface area (Å²) < 4.78 is 1.16. The topological polar surface area (TPSA) is 12.0 Å². The van der Waals surface area contributed by atoms with E-state index in [1.807, 2.05) is 0 Å². The van der Waals surface area contributed by atoms with Gasteiger partial charge in [-0.1, -0.05) is 41.9 Å². The largest absolute Gasteiger partial charge is 0.313 e. The molecule has 1 aromatic rings. The fourth-order valence-corrected chi connectivity index (χ4v) is 2.19. The van der Waals surface area contributed by atoms with E-state index in [2.05, 4.69) is 59.4 Å². The Kier molecular flexibility index (Phi) is 3.70. The molecular weight excluding hydrogens is 262 g/mol. The zero-order valence-corrected chi connectivity index (χ0v) is 11.7. The molecule has 1 nitrogen and oxygen atoms in total. The highest BCUT2D eigenvalue weighted by atomic mass is 79.9. The second-order valence-electron chi connectivity index (χ2n) is 5.62. The maximum Gasteiger partial charge on any atom is 0.0175 e. The van der Waals surface area contributed by atoms with Gasteiger partial charge in [0, 0.05) is 17.1 Å². The van der Waals surface area contributed by atoms with E-state index in [1.165, 1.54) is 18.4 Å². The lowest BCUT2D eigenvalue weighted by atomic mass is 9.85. The van der Waals surface area contributed by atoms with Crippen LogP contribution >= 0.6 is 15.9 Å². The molecule has 0 amide bonds. The third kappa shape index (κ3) is 3.91. The normalized spacial score (nSPS) is 16.4. The van der Waals surface area contributed by atoms with Crippen LogP contribution in [0.1, 0.15) is 32.3 Å². The Morgan fingerprint density at radius 2 is 1.88 bits per heavy atom. The maximum atomic E-state index is 3.62. The van der Waals surface area contributed by atoms with E-state index >= 15 is 0 Å². The summed E-state index contributed by atoms with van der Waals surface area (Å²) in [7, 11) is 0. The highest BCUT2D eigenvalue weighted by molar-refractivity contribution is 9.10. The molecule has 0 bridgehead atoms. The molecule has 0 spiro atoms. The van der Waals surface area contributed by atoms with Crippen LogP contribution in [0.15, 0.2) is 28.7 Å². The van der Waals surface area contributed by atoms with Crippen molar-refractivity contribution in [1.29, 1.82) is 0 Å². The molecule has 0 saturated heterocycles. The van der Waals surface area contributed by atoms with Crippen LogP contribution < -0.4 is 5.32 Å². The van der Waals surface area contributed by atoms with Crippen molar-refractivity contribution in [3.8, 4) is 0 Å². The number of halogens is 1. The number of hydrogen-bond acceptors (Lipinski definition) is 1. The summed E-state index contributed by atoms with van der Waals surface area (Å²) in [6.07, 6.45) is 3.88. The van der Waals surface area contributed by atoms with E-state index in [4.69, 9.17) is 0 Å². The minimum Gasteiger partial charge on any atom is -0.313 e. The Labute approximate surface area is 107 Å². The fraction of sp³-hybridized carbons (Fsp3) is 0.571. The zero-order valence-electron chi connectivity index (χ0n) is 10.1. The molecule has 1 aliphatic rings. The summed E-state index contributed by atoms with van der Waals surface area (Å²) in [5.74, 6) is 0. The van der Waals surface area contributed by atoms with Gasteiger partial charge in [-0.2, -0.15) is 0 Å². The predicted molar refractivity (Wildman–Crippen MR) is 72.7 cm³/mol. The van der Waals surface area contributed by atoms with Crippen molar-refractivity contribution in [2.45, 2.75) is 39.2 Å². The minimum absolute atomic E-state index is 0.344. The van der Waals surface area contributed by atoms with Crippen LogP contribution in [-0.2, 0) is 6.42 Å². The Bertz CT molecular complexity index is 338. The van der Waals surface area contributed by atoms with Crippen molar-refractivity contribution < 1.29 is 0 Å². The number of rotatable bonds is 5. The van der Waals surface area contributed by atoms with Crippen molar-refractivity contribution in [3.63, 3.8) is 0 Å². The summed E-state index contributed by atoms with van der Waals surface area (Å²) in [4.78, 5) is 0. The number of benzene rings is 1. The van der Waals surface area contributed by atoms with Gasteiger partial charge < -0.3 is 5.32 Å². The van der Waals surface area contributed by atoms with Crippen LogP contribution in [0.4, 0.5) is 0 Å². The smallest absolute Gasteiger partial charge is 0.0175 e. The molecule has 1 aromatic carbocycles. The van der Waals surface area contributed by atoms with E-state index < -0.39 is 0 Å². The first kappa shape index (κ1) is 12.1. The summed E-state index contributed by atoms with van der Waals surface area (Å²) >= 11 is 3.47. The first-order valence-corrected chi connectivity index (χ1v) is 6.82. The van der Waals surface area contributed by atoms with E-state index in [-0.39, 0.29) is 0 Å². The standard InChI is InChI=1S/C14H20BrN/c1-14(2,10-16-13-7-8-13)9-11-3-5-12(15)6-4-11/h3-6,13,16H,7-10H2,1-2H3. The lowest BCUT2D eigenvalue weighted by Gasteiger charge is -2.25. The molecule has 1 saturated carbocycles. The van der Waals surface area contributed by atoms with Crippen LogP contribution in [0.3, 0.4) is 0 Å². The van der Waals surface area contributed by atoms with Crippen LogP contribution in [0.25, 0.3) is 0 Å². The average Bonchev–Trinajstić information content (AvgIpc) is 3.02. The van der Waals surface area contributed by atoms with Crippen LogP contribution in [0, 0.1) is 5.41 Å². The van der Waals surface area contributed by atoms with Gasteiger partial charge in [-0.05, 0) is 42.4 Å². The first-order valence-electron chi connectivity index (χ1n) is 6.03. The molecule has 1 aliphatic carbocycles. The van der Waals surface area contributed by atoms with E-state index in [0.717, 1.165) is 23.5 Å². The molecule has 88 valence electrons. The molecule has 1 fully saturated rings. The van der Waals surface area contributed by atoms with Crippen molar-refractivity contribution in [2.75, 3.05) is 6.54 Å². The molecule has 0 aromatic heterocycles. The first-order chi connectivity index (χ1) is 7.55. The zero-order chi connectivity index (χ0) is 11.6. The van der Waals surface area contributed by atoms with Gasteiger partial charge in [-0.15, -0.1) is 0 Å². The van der Waals surface area contributed by atoms with Gasteiger partial charge in [0.25, 0.3) is 0 Å². The van der Waals surface area contributed by atoms with Crippen LogP contribution in [-0.4, -0.2) is 12.6 Å². The van der Waals surface area contributed by atoms with Gasteiger partial charge in [-0.3, -0.25) is 0 Å². The van der Waals surface area contributed by atoms with Gasteiger partial charge >= 0.3 is 0 Å². The Hall–Kier alpha value is -0.340. The predicted octanol–water partition coefficient (Wildman–Crippen LogP) is 3.77. The maximum absolute atomic E-state index is 3.62. The number of nitrogens with one attached hydrogen (secondary N) is 1. The average molecular weight is 282 g/mol. The summed E-state index contributed by atoms with van der Waals surface area (Å²) in [5, 5.41) is 3.62. The van der Waals surface area contributed by atoms with Crippen molar-refractivity contribution in [1.82, 2.24) is 5.32 Å². The summed E-state index contributed by atoms with van der Waals surface area (Å²) in [5.41, 5.74) is 1.77. The van der Waals surface area contributed by atoms with E-state index in [1.54, 1.807) is 0 Å². The molecule has 0 radical (unpaired) electrons. The molecule has 0 aliphatic heterocycles. The van der Waals surface area contributed by atoms with Gasteiger partial charge in [0.05, 0.1) is 0 Å². The third-order valence-electron chi connectivity index (χ3n) is 3.04. The quantitative estimate of drug-likeness (QED) is 0.867. The molecule has 2 rings (SSSR count). The molecule has 0 heterocycles. The lowest BCUT2D eigenvalue weighted by Crippen LogP contribution is -2.32. The minimum atomic E-state index is 0.344. The van der Waals surface area contributed by atoms with E-state index in [9.17, 15) is 0 Å². The summed E-state index contributed by atoms with van der Waals surface area (Å²) in [6.45, 7) is 5.79. The second kappa shape index (κ2) is 4.89. The monoisotopic (exact) mass is 281 g/mol. The molecule has 1 N–H and O–H groups in total. The van der Waals surface area contributed by atoms with Gasteiger partial charge in [0.2, 0.25) is 0 Å². The van der Waals surface area contributed by atoms with Gasteiger partial charge in [-0.25, -0.2) is 0 Å². The van der Waals surface area contributed by atoms with Crippen LogP contribution in [0.2, 0.25) is 0 Å². The highest BCUT2D eigenvalue weighted by Crippen LogP contribution is 2.25. The van der Waals surface area contributed by atoms with Gasteiger partial charge in [0.15, 0.2) is 0 Å². The molecular formula is C14H20BrN. The highest BCUT2D eigenvalue weighted by Gasteiger charge is 2.25. The Morgan fingerprint density at radius 1 is 1.25 bits per heavy atom. The lowest BCUT2D eigenvalue weighted by molar-refractivity contribution is 0.337. The molecule has 0 atom stereocenters.